The van der Waals surface area contributed by atoms with Gasteiger partial charge in [-0.15, -0.1) is 905 Å². The Morgan fingerprint density at radius 3 is 0.0902 bits per heavy atom. The molecule has 0 saturated heterocycles. The molecule has 0 saturated carbocycles. The van der Waals surface area contributed by atoms with Crippen LogP contribution < -0.4 is 0 Å². The van der Waals surface area contributed by atoms with Crippen molar-refractivity contribution in [1.82, 2.24) is 0 Å². The van der Waals surface area contributed by atoms with Gasteiger partial charge in [-0.2, -0.15) is 0 Å². The second-order valence-electron chi connectivity index (χ2n) is 4.72. The molecule has 0 aliphatic rings. The minimum absolute atomic E-state index is 0.194. The molecule has 0 aliphatic carbocycles. The molecule has 0 aromatic carbocycles. The molecule has 0 rings (SSSR count). The average Bonchev–Trinajstić information content (AvgIpc) is 3.64. The van der Waals surface area contributed by atoms with Gasteiger partial charge in [0.15, 0.2) is 0 Å². The minimum atomic E-state index is 0.194. The fourth-order valence-corrected chi connectivity index (χ4v) is 0.204. The van der Waals surface area contributed by atoms with E-state index in [0.29, 0.717) is 0 Å². The highest BCUT2D eigenvalue weighted by Crippen LogP contribution is 1.84. The van der Waals surface area contributed by atoms with Crippen molar-refractivity contribution < 1.29 is 4.74 Å². The van der Waals surface area contributed by atoms with E-state index < -0.39 is 0 Å². The maximum Gasteiger partial charge on any atom is 0.0967 e. The molecular weight excluding hydrogens is 3300 g/mol. The molecule has 0 amide bonds. The summed E-state index contributed by atoms with van der Waals surface area (Å²) in [4.78, 5) is 0. The van der Waals surface area contributed by atoms with Crippen LogP contribution in [0.4, 0.5) is 0 Å². The van der Waals surface area contributed by atoms with Gasteiger partial charge in [0.25, 0.3) is 0 Å². The van der Waals surface area contributed by atoms with Crippen molar-refractivity contribution in [3.05, 3.63) is 0 Å². The summed E-state index contributed by atoms with van der Waals surface area (Å²) in [5.41, 5.74) is 0. The van der Waals surface area contributed by atoms with Crippen molar-refractivity contribution in [3.8, 4) is 0 Å². The van der Waals surface area contributed by atoms with Gasteiger partial charge < -0.3 is 4.74 Å². The summed E-state index contributed by atoms with van der Waals surface area (Å²) in [5.74, 6) is 0. The highest BCUT2D eigenvalue weighted by atomic mass is 35.6. The summed E-state index contributed by atoms with van der Waals surface area (Å²) in [6.45, 7) is 5.67. The van der Waals surface area contributed by atoms with Crippen molar-refractivity contribution in [1.29, 1.82) is 0 Å². The first-order valence-corrected chi connectivity index (χ1v) is 64.5. The van der Waals surface area contributed by atoms with Gasteiger partial charge in [-0.25, -0.2) is 0 Å². The molecule has 812 valence electrons. The number of ether oxygens (including phenoxy) is 1. The SMILES string of the molecule is CCOCC.ClCCl.ClCCl.ClCCl.ClCCl.ClCCl.ClCCl.ClCCl.ClCCl.ClCCl.ClCCl.ClCCl.ClCCl.ClCCl.ClCCl.ClCCl.ClCCl.ClCCl.ClCCl.ClCCl.ClCCl.ClCCl.ClCCl.ClCCl.ClCCl.ClCCl.ClCCl.ClCCl.ClCCl.ClCCl.ClCCl.ClCCl.ClCCl.ClCCl.ClCCl.ClCCl.ClCCl.ClCCl.ClCCl.ClCCl. The molecule has 0 heterocycles. The molecule has 1 nitrogen and oxygen atoms in total. The second kappa shape index (κ2) is 700. The van der Waals surface area contributed by atoms with Gasteiger partial charge in [-0.05, 0) is 13.8 Å². The van der Waals surface area contributed by atoms with Crippen molar-refractivity contribution in [2.75, 3.05) is 221 Å². The van der Waals surface area contributed by atoms with Gasteiger partial charge in [0, 0.05) is 13.2 Å². The summed E-state index contributed by atoms with van der Waals surface area (Å²) in [6, 6.07) is 0. The molecule has 0 N–H and O–H groups in total. The highest BCUT2D eigenvalue weighted by Gasteiger charge is 1.64. The molecule has 122 heavy (non-hydrogen) atoms. The number of alkyl halides is 78. The van der Waals surface area contributed by atoms with Crippen LogP contribution in [0.1, 0.15) is 13.8 Å². The average molecular weight is 3390 g/mol. The normalized spacial score (nSPS) is 6.10. The number of rotatable bonds is 2. The van der Waals surface area contributed by atoms with Gasteiger partial charge in [0.05, 0.1) is 208 Å². The standard InChI is InChI=1S/C4H10O.39CH2Cl2/c1-3-5-4-2;39*2-1-3/h3-4H2,1-2H3;39*1H2. The van der Waals surface area contributed by atoms with Crippen LogP contribution in [0.25, 0.3) is 0 Å². The molecule has 0 radical (unpaired) electrons. The summed E-state index contributed by atoms with van der Waals surface area (Å²) < 4.78 is 4.83. The van der Waals surface area contributed by atoms with Crippen molar-refractivity contribution in [3.63, 3.8) is 0 Å². The van der Waals surface area contributed by atoms with Crippen molar-refractivity contribution in [2.24, 2.45) is 0 Å². The smallest absolute Gasteiger partial charge is 0.0967 e. The molecule has 0 aromatic rings. The quantitative estimate of drug-likeness (QED) is 0.250. The zero-order chi connectivity index (χ0) is 110. The Morgan fingerprint density at radius 2 is 0.0902 bits per heavy atom. The molecule has 0 spiro atoms. The summed E-state index contributed by atoms with van der Waals surface area (Å²) >= 11 is 372. The molecule has 79 heteroatoms. The fourth-order valence-electron chi connectivity index (χ4n) is 0.204. The molecule has 0 bridgehead atoms. The van der Waals surface area contributed by atoms with Crippen LogP contribution in [-0.2, 0) is 4.74 Å². The lowest BCUT2D eigenvalue weighted by Crippen LogP contribution is -1.84. The minimum Gasteiger partial charge on any atom is -0.382 e. The molecule has 0 unspecified atom stereocenters. The first-order valence-electron chi connectivity index (χ1n) is 22.8. The first kappa shape index (κ1) is 273. The van der Waals surface area contributed by atoms with Crippen molar-refractivity contribution in [2.45, 2.75) is 13.8 Å². The largest absolute Gasteiger partial charge is 0.382 e. The van der Waals surface area contributed by atoms with Crippen LogP contribution in [0.3, 0.4) is 0 Å². The van der Waals surface area contributed by atoms with Gasteiger partial charge >= 0.3 is 0 Å². The zero-order valence-electron chi connectivity index (χ0n) is 60.9. The number of halogens is 78. The molecule has 0 aromatic heterocycles. The van der Waals surface area contributed by atoms with Crippen LogP contribution in [0, 0.1) is 0 Å². The van der Waals surface area contributed by atoms with Crippen molar-refractivity contribution >= 4 is 905 Å². The summed E-state index contributed by atoms with van der Waals surface area (Å²) in [5, 5.41) is 7.58. The number of hydrogen-bond acceptors (Lipinski definition) is 1. The second-order valence-corrected chi connectivity index (χ2v) is 36.2. The van der Waals surface area contributed by atoms with Gasteiger partial charge in [-0.1, -0.05) is 0 Å². The third kappa shape index (κ3) is 4730. The molecular formula is C43H88Cl78O. The lowest BCUT2D eigenvalue weighted by molar-refractivity contribution is 0.162. The van der Waals surface area contributed by atoms with Crippen LogP contribution in [0.15, 0.2) is 0 Å². The third-order valence-corrected chi connectivity index (χ3v) is 0.408. The maximum atomic E-state index is 4.83. The van der Waals surface area contributed by atoms with Gasteiger partial charge in [0.2, 0.25) is 0 Å². The van der Waals surface area contributed by atoms with Crippen LogP contribution in [0.5, 0.6) is 0 Å². The lowest BCUT2D eigenvalue weighted by atomic mass is 10.8. The molecule has 0 atom stereocenters. The summed E-state index contributed by atoms with van der Waals surface area (Å²) in [7, 11) is 0. The van der Waals surface area contributed by atoms with Crippen LogP contribution in [0.2, 0.25) is 0 Å². The predicted octanol–water partition coefficient (Wildman–Crippen LogP) is 56.5. The predicted molar refractivity (Wildman–Crippen MR) is 669 cm³/mol. The zero-order valence-corrected chi connectivity index (χ0v) is 120. The van der Waals surface area contributed by atoms with E-state index >= 15 is 0 Å². The monoisotopic (exact) mass is 3350 g/mol. The number of hydrogen-bond donors (Lipinski definition) is 0. The van der Waals surface area contributed by atoms with E-state index in [9.17, 15) is 0 Å². The Bertz CT molecular complexity index is 367. The Hall–Kier alpha value is 22.6. The van der Waals surface area contributed by atoms with E-state index in [1.54, 1.807) is 0 Å². The van der Waals surface area contributed by atoms with Crippen LogP contribution >= 0.6 is 905 Å². The van der Waals surface area contributed by atoms with E-state index in [0.717, 1.165) is 13.2 Å². The van der Waals surface area contributed by atoms with E-state index in [1.165, 1.54) is 0 Å². The fraction of sp³-hybridized carbons (Fsp3) is 1.00. The third-order valence-electron chi connectivity index (χ3n) is 0.408. The Morgan fingerprint density at radius 1 is 0.0738 bits per heavy atom. The molecule has 0 aliphatic heterocycles. The summed E-state index contributed by atoms with van der Waals surface area (Å²) in [6.07, 6.45) is 0. The van der Waals surface area contributed by atoms with Gasteiger partial charge in [0.1, 0.15) is 0 Å². The first-order chi connectivity index (χ1) is 57.6. The topological polar surface area (TPSA) is 9.23 Å². The molecule has 0 fully saturated rings. The van der Waals surface area contributed by atoms with E-state index in [2.05, 4.69) is 0 Å². The van der Waals surface area contributed by atoms with E-state index in [4.69, 9.17) is 910 Å². The Kier molecular flexibility index (Phi) is 1560. The maximum absolute atomic E-state index is 4.83. The highest BCUT2D eigenvalue weighted by molar-refractivity contribution is 6.51. The Labute approximate surface area is 1120 Å². The Balaban J connectivity index is -0.0000000149. The van der Waals surface area contributed by atoms with E-state index in [-0.39, 0.29) is 208 Å². The van der Waals surface area contributed by atoms with Crippen LogP contribution in [-0.4, -0.2) is 221 Å². The van der Waals surface area contributed by atoms with E-state index in [1.807, 2.05) is 13.8 Å². The lowest BCUT2D eigenvalue weighted by Gasteiger charge is -1.86. The van der Waals surface area contributed by atoms with Gasteiger partial charge in [-0.3, -0.25) is 0 Å².